The zero-order valence-corrected chi connectivity index (χ0v) is 25.2. The number of nitrogens with zero attached hydrogens (tertiary/aromatic N) is 11. The van der Waals surface area contributed by atoms with E-state index in [0.29, 0.717) is 5.82 Å². The highest BCUT2D eigenvalue weighted by atomic mass is 19.3. The minimum absolute atomic E-state index is 0.0174. The number of rotatable bonds is 13. The number of nitrogens with one attached hydrogen (secondary N) is 1. The van der Waals surface area contributed by atoms with Gasteiger partial charge in [0, 0.05) is 44.8 Å². The van der Waals surface area contributed by atoms with E-state index in [1.54, 1.807) is 17.1 Å². The topological polar surface area (TPSA) is 146 Å². The van der Waals surface area contributed by atoms with Gasteiger partial charge in [0.1, 0.15) is 29.3 Å². The molecule has 0 bridgehead atoms. The van der Waals surface area contributed by atoms with Crippen LogP contribution in [0.4, 0.5) is 23.2 Å². The molecule has 0 radical (unpaired) electrons. The summed E-state index contributed by atoms with van der Waals surface area (Å²) in [5, 5.41) is 24.2. The maximum Gasteiger partial charge on any atom is 0.387 e. The Morgan fingerprint density at radius 2 is 1.98 bits per heavy atom. The molecule has 1 fully saturated rings. The molecule has 1 N–H and O–H groups in total. The van der Waals surface area contributed by atoms with Gasteiger partial charge < -0.3 is 19.7 Å². The molecule has 1 amide bonds. The molecule has 19 heteroatoms. The van der Waals surface area contributed by atoms with Crippen LogP contribution in [0.3, 0.4) is 0 Å². The molecule has 1 atom stereocenters. The highest BCUT2D eigenvalue weighted by Gasteiger charge is 2.27. The summed E-state index contributed by atoms with van der Waals surface area (Å²) in [6.07, 6.45) is 6.70. The molecule has 15 nitrogen and oxygen atoms in total. The summed E-state index contributed by atoms with van der Waals surface area (Å²) in [6, 6.07) is 4.85. The van der Waals surface area contributed by atoms with Crippen LogP contribution in [0.25, 0.3) is 16.9 Å². The predicted octanol–water partition coefficient (Wildman–Crippen LogP) is 2.89. The Bertz CT molecular complexity index is 1840. The van der Waals surface area contributed by atoms with Crippen molar-refractivity contribution in [2.45, 2.75) is 32.2 Å². The number of likely N-dealkylation sites (tertiary alicyclic amines) is 1. The fraction of sp³-hybridized carbons (Fsp3) is 0.393. The van der Waals surface area contributed by atoms with Crippen molar-refractivity contribution < 1.29 is 31.8 Å². The van der Waals surface area contributed by atoms with Crippen LogP contribution in [-0.2, 0) is 6.54 Å². The molecule has 1 aliphatic rings. The summed E-state index contributed by atoms with van der Waals surface area (Å²) < 4.78 is 64.8. The molecule has 0 aliphatic carbocycles. The zero-order chi connectivity index (χ0) is 33.1. The van der Waals surface area contributed by atoms with Crippen molar-refractivity contribution in [3.63, 3.8) is 0 Å². The van der Waals surface area contributed by atoms with Crippen molar-refractivity contribution in [1.82, 2.24) is 54.4 Å². The highest BCUT2D eigenvalue weighted by molar-refractivity contribution is 6.09. The lowest BCUT2D eigenvalue weighted by atomic mass is 10.1. The van der Waals surface area contributed by atoms with Gasteiger partial charge in [-0.05, 0) is 50.0 Å². The van der Waals surface area contributed by atoms with Crippen molar-refractivity contribution >= 4 is 17.2 Å². The van der Waals surface area contributed by atoms with Gasteiger partial charge >= 0.3 is 13.2 Å². The van der Waals surface area contributed by atoms with E-state index in [-0.39, 0.29) is 52.2 Å². The number of hydrogen-bond donors (Lipinski definition) is 1. The van der Waals surface area contributed by atoms with E-state index in [2.05, 4.69) is 55.2 Å². The van der Waals surface area contributed by atoms with Gasteiger partial charge in [-0.1, -0.05) is 0 Å². The predicted molar refractivity (Wildman–Crippen MR) is 157 cm³/mol. The molecule has 4 aromatic heterocycles. The Morgan fingerprint density at radius 3 is 2.77 bits per heavy atom. The number of alkyl halides is 4. The van der Waals surface area contributed by atoms with Crippen molar-refractivity contribution in [3.05, 3.63) is 60.4 Å². The zero-order valence-electron chi connectivity index (χ0n) is 25.2. The number of benzene rings is 1. The largest absolute Gasteiger partial charge is 0.435 e. The SMILES string of the molecule is CN(C)CCN1CCC(n2nnc(Cn3cc(NC(=O)c4cnn5cccnc45)c(-c4cc(OC(F)F)ccc4OC(F)F)n3)n2)C1. The molecular formula is C28H30F4N12O3. The van der Waals surface area contributed by atoms with Crippen LogP contribution in [0, 0.1) is 0 Å². The minimum atomic E-state index is -3.24. The summed E-state index contributed by atoms with van der Waals surface area (Å²) in [5.74, 6) is -1.06. The number of carbonyl (C=O) groups excluding carboxylic acids is 1. The van der Waals surface area contributed by atoms with Gasteiger partial charge in [-0.2, -0.15) is 32.6 Å². The van der Waals surface area contributed by atoms with Crippen LogP contribution in [0.2, 0.25) is 0 Å². The van der Waals surface area contributed by atoms with E-state index in [9.17, 15) is 22.4 Å². The molecular weight excluding hydrogens is 628 g/mol. The molecule has 6 rings (SSSR count). The number of tetrazole rings is 1. The summed E-state index contributed by atoms with van der Waals surface area (Å²) in [4.78, 5) is 23.6. The molecule has 5 aromatic rings. The first kappa shape index (κ1) is 31.8. The Labute approximate surface area is 264 Å². The van der Waals surface area contributed by atoms with Gasteiger partial charge in [0.05, 0.1) is 23.5 Å². The van der Waals surface area contributed by atoms with E-state index < -0.39 is 19.1 Å². The first-order valence-electron chi connectivity index (χ1n) is 14.5. The maximum atomic E-state index is 13.4. The van der Waals surface area contributed by atoms with E-state index in [0.717, 1.165) is 50.8 Å². The number of amides is 1. The lowest BCUT2D eigenvalue weighted by molar-refractivity contribution is -0.0526. The summed E-state index contributed by atoms with van der Waals surface area (Å²) >= 11 is 0. The van der Waals surface area contributed by atoms with E-state index >= 15 is 0 Å². The second kappa shape index (κ2) is 13.7. The van der Waals surface area contributed by atoms with Crippen LogP contribution in [0.5, 0.6) is 11.5 Å². The normalized spacial score (nSPS) is 15.4. The Hall–Kier alpha value is -5.17. The van der Waals surface area contributed by atoms with E-state index in [4.69, 9.17) is 0 Å². The standard InChI is InChI=1S/C28H30F4N12O3/c1-40(2)10-11-41-9-6-17(14-41)44-37-23(36-39-44)16-42-15-21(35-26(45)20-13-34-43-8-3-7-33-25(20)43)24(38-42)19-12-18(46-27(29)30)4-5-22(19)47-28(31)32/h3-5,7-8,12-13,15,17,27-28H,6,9-11,14,16H2,1-2H3,(H,35,45). The minimum Gasteiger partial charge on any atom is -0.435 e. The molecule has 0 spiro atoms. The van der Waals surface area contributed by atoms with Gasteiger partial charge in [-0.3, -0.25) is 14.4 Å². The number of likely N-dealkylation sites (N-methyl/N-ethyl adjacent to an activating group) is 1. The summed E-state index contributed by atoms with van der Waals surface area (Å²) in [5.41, 5.74) is 0.206. The number of halogens is 4. The van der Waals surface area contributed by atoms with Crippen molar-refractivity contribution in [3.8, 4) is 22.8 Å². The maximum absolute atomic E-state index is 13.4. The quantitative estimate of drug-likeness (QED) is 0.187. The van der Waals surface area contributed by atoms with Crippen LogP contribution < -0.4 is 14.8 Å². The van der Waals surface area contributed by atoms with Crippen LogP contribution in [0.15, 0.2) is 49.1 Å². The smallest absolute Gasteiger partial charge is 0.387 e. The van der Waals surface area contributed by atoms with Crippen LogP contribution in [-0.4, -0.2) is 114 Å². The third kappa shape index (κ3) is 7.46. The van der Waals surface area contributed by atoms with Gasteiger partial charge in [0.2, 0.25) is 0 Å². The van der Waals surface area contributed by atoms with Crippen LogP contribution >= 0.6 is 0 Å². The molecule has 248 valence electrons. The number of hydrogen-bond acceptors (Lipinski definition) is 11. The van der Waals surface area contributed by atoms with Gasteiger partial charge in [0.15, 0.2) is 11.5 Å². The van der Waals surface area contributed by atoms with Crippen molar-refractivity contribution in [2.75, 3.05) is 45.6 Å². The molecule has 1 aromatic carbocycles. The van der Waals surface area contributed by atoms with E-state index in [1.807, 2.05) is 14.1 Å². The Balaban J connectivity index is 1.31. The Morgan fingerprint density at radius 1 is 1.15 bits per heavy atom. The summed E-state index contributed by atoms with van der Waals surface area (Å²) in [7, 11) is 4.04. The second-order valence-corrected chi connectivity index (χ2v) is 11.0. The Kier molecular flexibility index (Phi) is 9.25. The average Bonchev–Trinajstić information content (AvgIpc) is 3.83. The average molecular weight is 659 g/mol. The fourth-order valence-corrected chi connectivity index (χ4v) is 5.20. The number of fused-ring (bicyclic) bond motifs is 1. The molecule has 1 saturated heterocycles. The highest BCUT2D eigenvalue weighted by Crippen LogP contribution is 2.38. The molecule has 1 aliphatic heterocycles. The summed E-state index contributed by atoms with van der Waals surface area (Å²) in [6.45, 7) is -2.92. The van der Waals surface area contributed by atoms with Crippen molar-refractivity contribution in [2.24, 2.45) is 0 Å². The molecule has 0 saturated carbocycles. The fourth-order valence-electron chi connectivity index (χ4n) is 5.20. The van der Waals surface area contributed by atoms with Crippen molar-refractivity contribution in [1.29, 1.82) is 0 Å². The molecule has 1 unspecified atom stereocenters. The van der Waals surface area contributed by atoms with E-state index in [1.165, 1.54) is 27.8 Å². The number of carbonyl (C=O) groups is 1. The van der Waals surface area contributed by atoms with Gasteiger partial charge in [-0.25, -0.2) is 9.50 Å². The van der Waals surface area contributed by atoms with Gasteiger partial charge in [-0.15, -0.1) is 10.2 Å². The lowest BCUT2D eigenvalue weighted by Crippen LogP contribution is -2.30. The third-order valence-electron chi connectivity index (χ3n) is 7.39. The third-order valence-corrected chi connectivity index (χ3v) is 7.39. The lowest BCUT2D eigenvalue weighted by Gasteiger charge is -2.18. The first-order valence-corrected chi connectivity index (χ1v) is 14.5. The van der Waals surface area contributed by atoms with Crippen LogP contribution in [0.1, 0.15) is 28.6 Å². The number of aromatic nitrogens is 9. The monoisotopic (exact) mass is 658 g/mol. The molecule has 5 heterocycles. The number of ether oxygens (including phenoxy) is 2. The number of anilines is 1. The van der Waals surface area contributed by atoms with Gasteiger partial charge in [0.25, 0.3) is 5.91 Å². The molecule has 47 heavy (non-hydrogen) atoms. The first-order chi connectivity index (χ1) is 22.6. The second-order valence-electron chi connectivity index (χ2n) is 11.0.